The van der Waals surface area contributed by atoms with Crippen LogP contribution in [0.3, 0.4) is 0 Å². The second-order valence-electron chi connectivity index (χ2n) is 10.6. The van der Waals surface area contributed by atoms with Crippen LogP contribution in [-0.4, -0.2) is 97.2 Å². The maximum Gasteiger partial charge on any atom is 0.414 e. The second kappa shape index (κ2) is 26.7. The third-order valence-electron chi connectivity index (χ3n) is 6.88. The van der Waals surface area contributed by atoms with Gasteiger partial charge in [0.25, 0.3) is 0 Å². The second-order valence-corrected chi connectivity index (χ2v) is 10.6. The molecule has 0 aliphatic heterocycles. The Morgan fingerprint density at radius 1 is 0.551 bits per heavy atom. The smallest absolute Gasteiger partial charge is 0.414 e. The van der Waals surface area contributed by atoms with Gasteiger partial charge in [-0.2, -0.15) is 0 Å². The van der Waals surface area contributed by atoms with Crippen molar-refractivity contribution in [1.82, 2.24) is 20.6 Å². The number of carboxylic acid groups (broad SMARTS) is 4. The lowest BCUT2D eigenvalue weighted by Crippen LogP contribution is -2.31. The van der Waals surface area contributed by atoms with Gasteiger partial charge in [-0.25, -0.2) is 28.8 Å². The molecule has 0 bridgehead atoms. The van der Waals surface area contributed by atoms with Crippen molar-refractivity contribution in [1.29, 1.82) is 0 Å². The normalized spacial score (nSPS) is 13.7. The molecule has 8 N–H and O–H groups in total. The van der Waals surface area contributed by atoms with Crippen molar-refractivity contribution in [3.63, 3.8) is 0 Å². The highest BCUT2D eigenvalue weighted by atomic mass is 16.6. The molecule has 2 heterocycles. The van der Waals surface area contributed by atoms with Crippen LogP contribution in [0.15, 0.2) is 49.1 Å². The van der Waals surface area contributed by atoms with E-state index in [9.17, 15) is 9.59 Å². The molecule has 2 amide bonds. The van der Waals surface area contributed by atoms with E-state index in [1.165, 1.54) is 49.7 Å². The van der Waals surface area contributed by atoms with E-state index in [1.54, 1.807) is 24.8 Å². The number of aliphatic carboxylic acids is 4. The van der Waals surface area contributed by atoms with E-state index >= 15 is 0 Å². The average molecular weight is 695 g/mol. The number of hydrogen-bond acceptors (Lipinski definition) is 10. The van der Waals surface area contributed by atoms with Crippen LogP contribution in [0.1, 0.15) is 75.3 Å². The number of hydrogen-bond donors (Lipinski definition) is 6. The third kappa shape index (κ3) is 23.6. The number of nitrogens with zero attached hydrogens (tertiary/aromatic N) is 2. The van der Waals surface area contributed by atoms with Gasteiger partial charge in [0, 0.05) is 37.9 Å². The molecule has 2 aromatic heterocycles. The summed E-state index contributed by atoms with van der Waals surface area (Å²) in [7, 11) is 0. The summed E-state index contributed by atoms with van der Waals surface area (Å²) in [6, 6.07) is 7.81. The van der Waals surface area contributed by atoms with Crippen molar-refractivity contribution < 1.29 is 64.1 Å². The first-order valence-corrected chi connectivity index (χ1v) is 15.6. The topological polar surface area (TPSA) is 283 Å². The monoisotopic (exact) mass is 694 g/mol. The molecule has 2 aliphatic rings. The lowest BCUT2D eigenvalue weighted by molar-refractivity contribution is -0.159. The SMILES string of the molecule is O.O=C(NCCc1ccncc1)OC1CCCCC1.O=C(NCCc1ccncc1)OC1CCCCC1.O=C(O)C(=O)O.O=C(O)C(=O)O. The summed E-state index contributed by atoms with van der Waals surface area (Å²) >= 11 is 0. The van der Waals surface area contributed by atoms with E-state index in [2.05, 4.69) is 20.6 Å². The van der Waals surface area contributed by atoms with E-state index in [0.717, 1.165) is 38.5 Å². The first-order chi connectivity index (χ1) is 23.0. The predicted octanol–water partition coefficient (Wildman–Crippen LogP) is 2.85. The molecular weight excluding hydrogens is 648 g/mol. The van der Waals surface area contributed by atoms with Gasteiger partial charge in [-0.3, -0.25) is 9.97 Å². The lowest BCUT2D eigenvalue weighted by Gasteiger charge is -2.21. The van der Waals surface area contributed by atoms with Crippen molar-refractivity contribution in [2.45, 2.75) is 89.3 Å². The summed E-state index contributed by atoms with van der Waals surface area (Å²) in [6.45, 7) is 1.21. The largest absolute Gasteiger partial charge is 0.473 e. The molecule has 17 heteroatoms. The Balaban J connectivity index is 0.000000700. The Bertz CT molecular complexity index is 1130. The molecule has 0 aromatic carbocycles. The summed E-state index contributed by atoms with van der Waals surface area (Å²) in [6.07, 6.45) is 19.6. The van der Waals surface area contributed by atoms with E-state index in [-0.39, 0.29) is 29.9 Å². The highest BCUT2D eigenvalue weighted by Gasteiger charge is 2.18. The molecule has 2 aliphatic carbocycles. The fraction of sp³-hybridized carbons (Fsp3) is 0.500. The number of pyridine rings is 2. The Morgan fingerprint density at radius 2 is 0.837 bits per heavy atom. The Kier molecular flexibility index (Phi) is 23.8. The fourth-order valence-corrected chi connectivity index (χ4v) is 4.47. The van der Waals surface area contributed by atoms with E-state index in [1.807, 2.05) is 24.3 Å². The number of alkyl carbamates (subject to hydrolysis) is 2. The molecule has 2 fully saturated rings. The quantitative estimate of drug-likeness (QED) is 0.217. The van der Waals surface area contributed by atoms with Gasteiger partial charge in [0.2, 0.25) is 0 Å². The summed E-state index contributed by atoms with van der Waals surface area (Å²) in [4.78, 5) is 67.4. The summed E-state index contributed by atoms with van der Waals surface area (Å²) in [5, 5.41) is 35.2. The van der Waals surface area contributed by atoms with Gasteiger partial charge in [0.1, 0.15) is 12.2 Å². The number of amides is 2. The van der Waals surface area contributed by atoms with Crippen molar-refractivity contribution in [2.24, 2.45) is 0 Å². The van der Waals surface area contributed by atoms with Gasteiger partial charge in [-0.15, -0.1) is 0 Å². The molecule has 49 heavy (non-hydrogen) atoms. The van der Waals surface area contributed by atoms with E-state index in [4.69, 9.17) is 49.1 Å². The summed E-state index contributed by atoms with van der Waals surface area (Å²) in [5.74, 6) is -7.30. The maximum absolute atomic E-state index is 11.6. The van der Waals surface area contributed by atoms with Crippen LogP contribution in [0.4, 0.5) is 9.59 Å². The van der Waals surface area contributed by atoms with Crippen LogP contribution in [0.2, 0.25) is 0 Å². The average Bonchev–Trinajstić information content (AvgIpc) is 3.07. The first-order valence-electron chi connectivity index (χ1n) is 15.6. The molecule has 272 valence electrons. The molecule has 0 saturated heterocycles. The zero-order valence-electron chi connectivity index (χ0n) is 27.1. The molecule has 2 aromatic rings. The minimum Gasteiger partial charge on any atom is -0.473 e. The van der Waals surface area contributed by atoms with Crippen LogP contribution in [-0.2, 0) is 41.5 Å². The van der Waals surface area contributed by atoms with Crippen molar-refractivity contribution in [2.75, 3.05) is 13.1 Å². The van der Waals surface area contributed by atoms with Gasteiger partial charge in [-0.05, 0) is 99.6 Å². The number of carbonyl (C=O) groups is 6. The van der Waals surface area contributed by atoms with Crippen LogP contribution >= 0.6 is 0 Å². The van der Waals surface area contributed by atoms with Gasteiger partial charge in [0.05, 0.1) is 0 Å². The van der Waals surface area contributed by atoms with Crippen LogP contribution in [0.5, 0.6) is 0 Å². The van der Waals surface area contributed by atoms with E-state index < -0.39 is 23.9 Å². The maximum atomic E-state index is 11.6. The number of aromatic nitrogens is 2. The van der Waals surface area contributed by atoms with Gasteiger partial charge in [0.15, 0.2) is 0 Å². The highest BCUT2D eigenvalue weighted by Crippen LogP contribution is 2.21. The summed E-state index contributed by atoms with van der Waals surface area (Å²) in [5.41, 5.74) is 2.34. The number of rotatable bonds is 8. The molecule has 17 nitrogen and oxygen atoms in total. The molecule has 0 radical (unpaired) electrons. The molecule has 2 saturated carbocycles. The van der Waals surface area contributed by atoms with Gasteiger partial charge in [-0.1, -0.05) is 12.8 Å². The van der Waals surface area contributed by atoms with Crippen molar-refractivity contribution >= 4 is 36.1 Å². The molecule has 0 spiro atoms. The van der Waals surface area contributed by atoms with Gasteiger partial charge >= 0.3 is 36.1 Å². The molecule has 4 rings (SSSR count). The van der Waals surface area contributed by atoms with Crippen molar-refractivity contribution in [3.05, 3.63) is 60.2 Å². The molecular formula is C32H46N4O13. The Morgan fingerprint density at radius 3 is 1.10 bits per heavy atom. The number of carbonyl (C=O) groups excluding carboxylic acids is 2. The fourth-order valence-electron chi connectivity index (χ4n) is 4.47. The highest BCUT2D eigenvalue weighted by molar-refractivity contribution is 6.27. The minimum atomic E-state index is -1.82. The summed E-state index contributed by atoms with van der Waals surface area (Å²) < 4.78 is 10.7. The standard InChI is InChI=1S/2C14H20N2O2.2C2H2O4.H2O/c2*17-14(18-13-4-2-1-3-5-13)16-11-8-12-6-9-15-10-7-12;2*3-1(4)2(5)6;/h2*6-7,9-10,13H,1-5,8,11H2,(H,16,17);2*(H,3,4)(H,5,6);1H2. The zero-order valence-corrected chi connectivity index (χ0v) is 27.1. The third-order valence-corrected chi connectivity index (χ3v) is 6.88. The van der Waals surface area contributed by atoms with E-state index in [0.29, 0.717) is 13.1 Å². The van der Waals surface area contributed by atoms with Gasteiger partial charge < -0.3 is 46.0 Å². The zero-order chi connectivity index (χ0) is 35.6. The minimum absolute atomic E-state index is 0. The predicted molar refractivity (Wildman–Crippen MR) is 173 cm³/mol. The van der Waals surface area contributed by atoms with Crippen LogP contribution in [0, 0.1) is 0 Å². The molecule has 0 atom stereocenters. The van der Waals surface area contributed by atoms with Crippen LogP contribution < -0.4 is 10.6 Å². The Hall–Kier alpha value is -5.32. The Labute approximate surface area is 283 Å². The number of ether oxygens (including phenoxy) is 2. The lowest BCUT2D eigenvalue weighted by atomic mass is 9.98. The van der Waals surface area contributed by atoms with Crippen molar-refractivity contribution in [3.8, 4) is 0 Å². The number of carboxylic acids is 4. The number of nitrogens with one attached hydrogen (secondary N) is 2. The molecule has 0 unspecified atom stereocenters. The van der Waals surface area contributed by atoms with Crippen LogP contribution in [0.25, 0.3) is 0 Å². The first kappa shape index (κ1) is 43.7.